The van der Waals surface area contributed by atoms with Crippen LogP contribution in [0.1, 0.15) is 18.1 Å². The number of halogens is 1. The van der Waals surface area contributed by atoms with E-state index in [1.807, 2.05) is 0 Å². The van der Waals surface area contributed by atoms with Crippen LogP contribution < -0.4 is 5.32 Å². The topological polar surface area (TPSA) is 24.9 Å². The summed E-state index contributed by atoms with van der Waals surface area (Å²) in [4.78, 5) is 3.82. The van der Waals surface area contributed by atoms with Gasteiger partial charge in [-0.3, -0.25) is 4.98 Å². The molecule has 1 N–H and O–H groups in total. The van der Waals surface area contributed by atoms with Gasteiger partial charge in [-0.05, 0) is 47.4 Å². The average molecular weight is 250 g/mol. The minimum atomic E-state index is -0.283. The summed E-state index contributed by atoms with van der Waals surface area (Å²) in [5.74, 6) is -0.283. The van der Waals surface area contributed by atoms with Crippen LogP contribution in [0.5, 0.6) is 0 Å². The first-order valence-corrected chi connectivity index (χ1v) is 6.52. The summed E-state index contributed by atoms with van der Waals surface area (Å²) in [5.41, 5.74) is 2.22. The molecular weight excluding hydrogens is 235 g/mol. The second-order valence-electron chi connectivity index (χ2n) is 4.13. The number of pyridine rings is 1. The second kappa shape index (κ2) is 5.89. The number of nitrogens with zero attached hydrogens (tertiary/aromatic N) is 1. The van der Waals surface area contributed by atoms with Crippen molar-refractivity contribution >= 4 is 11.3 Å². The van der Waals surface area contributed by atoms with Gasteiger partial charge in [0, 0.05) is 18.8 Å². The fourth-order valence-corrected chi connectivity index (χ4v) is 2.36. The maximum atomic E-state index is 12.9. The number of hydrogen-bond donors (Lipinski definition) is 1. The van der Waals surface area contributed by atoms with Crippen LogP contribution in [0.3, 0.4) is 0 Å². The molecule has 0 saturated heterocycles. The largest absolute Gasteiger partial charge is 0.310 e. The lowest BCUT2D eigenvalue weighted by Gasteiger charge is -2.12. The van der Waals surface area contributed by atoms with E-state index in [2.05, 4.69) is 34.1 Å². The Morgan fingerprint density at radius 2 is 2.29 bits per heavy atom. The number of rotatable bonds is 5. The Bertz CT molecular complexity index is 456. The van der Waals surface area contributed by atoms with Crippen molar-refractivity contribution in [2.24, 2.45) is 0 Å². The molecule has 0 bridgehead atoms. The lowest BCUT2D eigenvalue weighted by Crippen LogP contribution is -2.27. The zero-order valence-corrected chi connectivity index (χ0v) is 10.5. The molecule has 0 aliphatic heterocycles. The zero-order valence-electron chi connectivity index (χ0n) is 9.69. The minimum Gasteiger partial charge on any atom is -0.310 e. The molecule has 2 nitrogen and oxygen atoms in total. The maximum Gasteiger partial charge on any atom is 0.141 e. The zero-order chi connectivity index (χ0) is 12.1. The molecule has 0 saturated carbocycles. The van der Waals surface area contributed by atoms with Gasteiger partial charge in [0.05, 0.1) is 6.20 Å². The Kier molecular flexibility index (Phi) is 4.23. The van der Waals surface area contributed by atoms with Gasteiger partial charge < -0.3 is 5.32 Å². The Morgan fingerprint density at radius 3 is 3.00 bits per heavy atom. The van der Waals surface area contributed by atoms with Crippen LogP contribution in [0.4, 0.5) is 4.39 Å². The molecule has 1 atom stereocenters. The average Bonchev–Trinajstić information content (AvgIpc) is 2.79. The number of nitrogens with one attached hydrogen (secondary N) is 1. The molecule has 4 heteroatoms. The summed E-state index contributed by atoms with van der Waals surface area (Å²) in [6, 6.07) is 4.01. The quantitative estimate of drug-likeness (QED) is 0.882. The normalized spacial score (nSPS) is 12.6. The summed E-state index contributed by atoms with van der Waals surface area (Å²) in [7, 11) is 0. The predicted octanol–water partition coefficient (Wildman–Crippen LogP) is 3.00. The summed E-state index contributed by atoms with van der Waals surface area (Å²) in [6.45, 7) is 2.78. The van der Waals surface area contributed by atoms with E-state index in [9.17, 15) is 4.39 Å². The van der Waals surface area contributed by atoms with Gasteiger partial charge in [0.15, 0.2) is 0 Å². The van der Waals surface area contributed by atoms with Crippen LogP contribution in [0.2, 0.25) is 0 Å². The molecule has 0 radical (unpaired) electrons. The highest BCUT2D eigenvalue weighted by molar-refractivity contribution is 7.07. The molecule has 2 rings (SSSR count). The highest BCUT2D eigenvalue weighted by atomic mass is 32.1. The molecule has 0 spiro atoms. The number of aromatic nitrogens is 1. The van der Waals surface area contributed by atoms with Gasteiger partial charge in [-0.1, -0.05) is 0 Å². The second-order valence-corrected chi connectivity index (χ2v) is 4.91. The van der Waals surface area contributed by atoms with Crippen molar-refractivity contribution in [3.8, 4) is 0 Å². The SMILES string of the molecule is CC(Cc1ccsc1)NCc1cncc(F)c1. The van der Waals surface area contributed by atoms with E-state index in [0.717, 1.165) is 12.0 Å². The molecule has 90 valence electrons. The van der Waals surface area contributed by atoms with Gasteiger partial charge in [-0.15, -0.1) is 0 Å². The Balaban J connectivity index is 1.82. The number of hydrogen-bond acceptors (Lipinski definition) is 3. The van der Waals surface area contributed by atoms with Crippen molar-refractivity contribution in [1.82, 2.24) is 10.3 Å². The van der Waals surface area contributed by atoms with Crippen LogP contribution in [0, 0.1) is 5.82 Å². The third-order valence-electron chi connectivity index (χ3n) is 2.54. The Labute approximate surface area is 105 Å². The van der Waals surface area contributed by atoms with Gasteiger partial charge in [0.25, 0.3) is 0 Å². The number of thiophene rings is 1. The summed E-state index contributed by atoms with van der Waals surface area (Å²) in [5, 5.41) is 7.60. The molecular formula is C13H15FN2S. The molecule has 1 unspecified atom stereocenters. The van der Waals surface area contributed by atoms with E-state index in [1.54, 1.807) is 17.5 Å². The van der Waals surface area contributed by atoms with Gasteiger partial charge in [-0.25, -0.2) is 4.39 Å². The van der Waals surface area contributed by atoms with Crippen LogP contribution in [0.15, 0.2) is 35.3 Å². The smallest absolute Gasteiger partial charge is 0.141 e. The first-order valence-electron chi connectivity index (χ1n) is 5.58. The van der Waals surface area contributed by atoms with Crippen molar-refractivity contribution < 1.29 is 4.39 Å². The minimum absolute atomic E-state index is 0.283. The Hall–Kier alpha value is -1.26. The molecule has 0 fully saturated rings. The van der Waals surface area contributed by atoms with Crippen molar-refractivity contribution in [1.29, 1.82) is 0 Å². The lowest BCUT2D eigenvalue weighted by atomic mass is 10.1. The maximum absolute atomic E-state index is 12.9. The highest BCUT2D eigenvalue weighted by Crippen LogP contribution is 2.09. The van der Waals surface area contributed by atoms with E-state index >= 15 is 0 Å². The van der Waals surface area contributed by atoms with E-state index in [-0.39, 0.29) is 5.82 Å². The van der Waals surface area contributed by atoms with Crippen LogP contribution in [0.25, 0.3) is 0 Å². The third kappa shape index (κ3) is 3.91. The van der Waals surface area contributed by atoms with Crippen molar-refractivity contribution in [3.63, 3.8) is 0 Å². The first-order chi connectivity index (χ1) is 8.24. The van der Waals surface area contributed by atoms with Crippen LogP contribution in [-0.4, -0.2) is 11.0 Å². The standard InChI is InChI=1S/C13H15FN2S/c1-10(4-11-2-3-17-9-11)16-7-12-5-13(14)8-15-6-12/h2-3,5-6,8-10,16H,4,7H2,1H3. The molecule has 0 amide bonds. The van der Waals surface area contributed by atoms with E-state index in [0.29, 0.717) is 12.6 Å². The summed E-state index contributed by atoms with van der Waals surface area (Å²) < 4.78 is 12.9. The van der Waals surface area contributed by atoms with E-state index in [4.69, 9.17) is 0 Å². The van der Waals surface area contributed by atoms with Crippen molar-refractivity contribution in [2.75, 3.05) is 0 Å². The van der Waals surface area contributed by atoms with Crippen LogP contribution in [-0.2, 0) is 13.0 Å². The Morgan fingerprint density at radius 1 is 1.41 bits per heavy atom. The lowest BCUT2D eigenvalue weighted by molar-refractivity contribution is 0.541. The van der Waals surface area contributed by atoms with Crippen molar-refractivity contribution in [2.45, 2.75) is 25.9 Å². The molecule has 2 heterocycles. The van der Waals surface area contributed by atoms with Crippen LogP contribution >= 0.6 is 11.3 Å². The molecule has 17 heavy (non-hydrogen) atoms. The fourth-order valence-electron chi connectivity index (χ4n) is 1.68. The van der Waals surface area contributed by atoms with Gasteiger partial charge in [0.2, 0.25) is 0 Å². The monoisotopic (exact) mass is 250 g/mol. The highest BCUT2D eigenvalue weighted by Gasteiger charge is 2.04. The van der Waals surface area contributed by atoms with E-state index < -0.39 is 0 Å². The third-order valence-corrected chi connectivity index (χ3v) is 3.27. The van der Waals surface area contributed by atoms with Gasteiger partial charge in [0.1, 0.15) is 5.82 Å². The van der Waals surface area contributed by atoms with E-state index in [1.165, 1.54) is 17.8 Å². The fraction of sp³-hybridized carbons (Fsp3) is 0.308. The molecule has 2 aromatic rings. The molecule has 0 aliphatic carbocycles. The summed E-state index contributed by atoms with van der Waals surface area (Å²) in [6.07, 6.45) is 3.90. The molecule has 0 aromatic carbocycles. The van der Waals surface area contributed by atoms with Crippen molar-refractivity contribution in [3.05, 3.63) is 52.2 Å². The predicted molar refractivity (Wildman–Crippen MR) is 68.5 cm³/mol. The van der Waals surface area contributed by atoms with Gasteiger partial charge >= 0.3 is 0 Å². The molecule has 0 aliphatic rings. The first kappa shape index (κ1) is 12.2. The summed E-state index contributed by atoms with van der Waals surface area (Å²) >= 11 is 1.71. The molecule has 2 aromatic heterocycles. The van der Waals surface area contributed by atoms with Gasteiger partial charge in [-0.2, -0.15) is 11.3 Å².